The van der Waals surface area contributed by atoms with Gasteiger partial charge in [0.25, 0.3) is 0 Å². The second-order valence-electron chi connectivity index (χ2n) is 3.82. The van der Waals surface area contributed by atoms with E-state index in [1.807, 2.05) is 18.2 Å². The van der Waals surface area contributed by atoms with Gasteiger partial charge in [-0.3, -0.25) is 4.79 Å². The van der Waals surface area contributed by atoms with Gasteiger partial charge in [-0.25, -0.2) is 0 Å². The minimum Gasteiger partial charge on any atom is -0.876 e. The zero-order valence-electron chi connectivity index (χ0n) is 11.6. The predicted molar refractivity (Wildman–Crippen MR) is 69.1 cm³/mol. The maximum atomic E-state index is 11.8. The molecule has 0 saturated carbocycles. The maximum Gasteiger partial charge on any atom is 1.00 e. The van der Waals surface area contributed by atoms with Crippen LogP contribution in [0.5, 0.6) is 0 Å². The average molecular weight is 284 g/mol. The van der Waals surface area contributed by atoms with E-state index in [0.29, 0.717) is 5.56 Å². The second kappa shape index (κ2) is 10.5. The number of carbonyl (C=O) groups is 1. The Morgan fingerprint density at radius 3 is 2.53 bits per heavy atom. The summed E-state index contributed by atoms with van der Waals surface area (Å²) in [6.45, 7) is 1.69. The molecule has 3 nitrogen and oxygen atoms in total. The number of ketones is 1. The summed E-state index contributed by atoms with van der Waals surface area (Å²) in [5, 5.41) is 11.2. The molecule has 4 heteroatoms. The molecule has 0 bridgehead atoms. The van der Waals surface area contributed by atoms with Gasteiger partial charge in [0.1, 0.15) is 0 Å². The van der Waals surface area contributed by atoms with Crippen molar-refractivity contribution in [1.82, 2.24) is 0 Å². The van der Waals surface area contributed by atoms with Gasteiger partial charge in [-0.05, 0) is 19.4 Å². The minimum atomic E-state index is -0.360. The van der Waals surface area contributed by atoms with Crippen molar-refractivity contribution >= 4 is 5.78 Å². The molecule has 19 heavy (non-hydrogen) atoms. The molecule has 0 fully saturated rings. The second-order valence-corrected chi connectivity index (χ2v) is 3.82. The molecule has 0 N–H and O–H groups in total. The molecule has 0 aromatic heterocycles. The molecular weight excluding hydrogens is 267 g/mol. The number of hydrogen-bond acceptors (Lipinski definition) is 3. The van der Waals surface area contributed by atoms with Crippen LogP contribution in [0.1, 0.15) is 23.7 Å². The van der Waals surface area contributed by atoms with Crippen LogP contribution in [0.15, 0.2) is 54.3 Å². The van der Waals surface area contributed by atoms with Gasteiger partial charge in [0.15, 0.2) is 5.78 Å². The van der Waals surface area contributed by atoms with E-state index in [4.69, 9.17) is 4.74 Å². The molecular formula is C15H17KO3. The molecule has 1 atom stereocenters. The quantitative estimate of drug-likeness (QED) is 0.294. The largest absolute Gasteiger partial charge is 1.00 e. The number of allylic oxidation sites excluding steroid dienone is 2. The Morgan fingerprint density at radius 2 is 2.00 bits per heavy atom. The van der Waals surface area contributed by atoms with Crippen molar-refractivity contribution in [3.63, 3.8) is 0 Å². The first-order chi connectivity index (χ1) is 8.67. The van der Waals surface area contributed by atoms with Crippen LogP contribution in [0.2, 0.25) is 0 Å². The molecule has 1 rings (SSSR count). The van der Waals surface area contributed by atoms with Crippen LogP contribution in [-0.2, 0) is 4.74 Å². The maximum absolute atomic E-state index is 11.8. The van der Waals surface area contributed by atoms with E-state index in [-0.39, 0.29) is 75.5 Å². The summed E-state index contributed by atoms with van der Waals surface area (Å²) in [5.41, 5.74) is 0.622. The number of carbonyl (C=O) groups excluding carboxylic acids is 1. The Balaban J connectivity index is 0.00000324. The molecule has 0 radical (unpaired) electrons. The smallest absolute Gasteiger partial charge is 0.876 e. The van der Waals surface area contributed by atoms with Crippen LogP contribution in [0.4, 0.5) is 0 Å². The zero-order chi connectivity index (χ0) is 13.4. The third-order valence-electron chi connectivity index (χ3n) is 2.55. The Labute approximate surface area is 156 Å². The minimum absolute atomic E-state index is 0. The summed E-state index contributed by atoms with van der Waals surface area (Å²) in [5.74, 6) is -0.0933. The summed E-state index contributed by atoms with van der Waals surface area (Å²) >= 11 is 0. The van der Waals surface area contributed by atoms with Gasteiger partial charge in [-0.1, -0.05) is 42.5 Å². The van der Waals surface area contributed by atoms with E-state index < -0.39 is 0 Å². The Hall–Kier alpha value is -0.234. The van der Waals surface area contributed by atoms with Crippen molar-refractivity contribution in [2.24, 2.45) is 0 Å². The number of hydrogen-bond donors (Lipinski definition) is 0. The first-order valence-corrected chi connectivity index (χ1v) is 5.80. The standard InChI is InChI=1S/C15H18O3.K/c1-3-13(16)11-14(18-2)9-10-15(17)12-7-5-4-6-8-12;/h3-10,14,16H,11H2,1-2H3;/q;+1/p-1/b10-9+,13-3-;. The normalized spacial score (nSPS) is 13.1. The molecule has 0 aliphatic rings. The first-order valence-electron chi connectivity index (χ1n) is 5.80. The molecule has 0 heterocycles. The Morgan fingerprint density at radius 1 is 1.37 bits per heavy atom. The SMILES string of the molecule is C/C=C(\[O-])CC(/C=C/C(=O)c1ccccc1)OC.[K+]. The number of methoxy groups -OCH3 is 1. The predicted octanol–water partition coefficient (Wildman–Crippen LogP) is -0.901. The molecule has 0 amide bonds. The van der Waals surface area contributed by atoms with Gasteiger partial charge in [0.2, 0.25) is 0 Å². The van der Waals surface area contributed by atoms with Gasteiger partial charge < -0.3 is 9.84 Å². The zero-order valence-corrected chi connectivity index (χ0v) is 14.8. The van der Waals surface area contributed by atoms with Gasteiger partial charge >= 0.3 is 51.4 Å². The van der Waals surface area contributed by atoms with E-state index in [2.05, 4.69) is 0 Å². The van der Waals surface area contributed by atoms with Gasteiger partial charge in [-0.2, -0.15) is 0 Å². The molecule has 1 aromatic rings. The topological polar surface area (TPSA) is 49.4 Å². The van der Waals surface area contributed by atoms with Crippen LogP contribution in [0, 0.1) is 0 Å². The van der Waals surface area contributed by atoms with E-state index >= 15 is 0 Å². The van der Waals surface area contributed by atoms with Crippen molar-refractivity contribution in [2.75, 3.05) is 7.11 Å². The molecule has 1 aromatic carbocycles. The van der Waals surface area contributed by atoms with Crippen molar-refractivity contribution in [2.45, 2.75) is 19.4 Å². The molecule has 96 valence electrons. The monoisotopic (exact) mass is 284 g/mol. The van der Waals surface area contributed by atoms with Gasteiger partial charge in [0, 0.05) is 12.7 Å². The Kier molecular flexibility index (Phi) is 10.4. The number of benzene rings is 1. The third-order valence-corrected chi connectivity index (χ3v) is 2.55. The average Bonchev–Trinajstić information content (AvgIpc) is 2.43. The first kappa shape index (κ1) is 18.8. The van der Waals surface area contributed by atoms with Crippen molar-refractivity contribution in [3.8, 4) is 0 Å². The molecule has 0 spiro atoms. The molecule has 0 saturated heterocycles. The molecule has 0 aliphatic carbocycles. The summed E-state index contributed by atoms with van der Waals surface area (Å²) in [6, 6.07) is 8.97. The van der Waals surface area contributed by atoms with Crippen molar-refractivity contribution in [3.05, 3.63) is 59.9 Å². The Bertz CT molecular complexity index is 438. The fraction of sp³-hybridized carbons (Fsp3) is 0.267. The van der Waals surface area contributed by atoms with Crippen molar-refractivity contribution in [1.29, 1.82) is 0 Å². The van der Waals surface area contributed by atoms with Gasteiger partial charge in [0.05, 0.1) is 6.10 Å². The fourth-order valence-corrected chi connectivity index (χ4v) is 1.44. The molecule has 1 unspecified atom stereocenters. The number of rotatable bonds is 6. The van der Waals surface area contributed by atoms with Crippen LogP contribution < -0.4 is 56.5 Å². The van der Waals surface area contributed by atoms with E-state index in [0.717, 1.165) is 0 Å². The number of ether oxygens (including phenoxy) is 1. The van der Waals surface area contributed by atoms with Gasteiger partial charge in [-0.15, -0.1) is 5.76 Å². The van der Waals surface area contributed by atoms with Crippen LogP contribution in [0.3, 0.4) is 0 Å². The van der Waals surface area contributed by atoms with E-state index in [1.165, 1.54) is 19.3 Å². The summed E-state index contributed by atoms with van der Waals surface area (Å²) < 4.78 is 5.13. The summed E-state index contributed by atoms with van der Waals surface area (Å²) in [6.07, 6.45) is 4.47. The molecule has 0 aliphatic heterocycles. The summed E-state index contributed by atoms with van der Waals surface area (Å²) in [4.78, 5) is 11.8. The van der Waals surface area contributed by atoms with Crippen LogP contribution in [0.25, 0.3) is 0 Å². The van der Waals surface area contributed by atoms with Crippen LogP contribution >= 0.6 is 0 Å². The fourth-order valence-electron chi connectivity index (χ4n) is 1.44. The van der Waals surface area contributed by atoms with Crippen LogP contribution in [-0.4, -0.2) is 19.0 Å². The summed E-state index contributed by atoms with van der Waals surface area (Å²) in [7, 11) is 1.52. The van der Waals surface area contributed by atoms with E-state index in [9.17, 15) is 9.90 Å². The van der Waals surface area contributed by atoms with E-state index in [1.54, 1.807) is 25.1 Å². The van der Waals surface area contributed by atoms with Crippen molar-refractivity contribution < 1.29 is 66.0 Å². The third kappa shape index (κ3) is 7.20.